The molecule has 0 atom stereocenters. The van der Waals surface area contributed by atoms with E-state index >= 15 is 0 Å². The summed E-state index contributed by atoms with van der Waals surface area (Å²) in [6.07, 6.45) is -1.40. The Morgan fingerprint density at radius 1 is 1.16 bits per heavy atom. The van der Waals surface area contributed by atoms with Gasteiger partial charge in [0, 0.05) is 0 Å². The third-order valence-corrected chi connectivity index (χ3v) is 1.44. The number of hydroxylamine groups is 1. The van der Waals surface area contributed by atoms with E-state index in [2.05, 4.69) is 4.84 Å². The van der Waals surface area contributed by atoms with Crippen LogP contribution in [-0.2, 0) is 19.2 Å². The van der Waals surface area contributed by atoms with Gasteiger partial charge >= 0.3 is 18.5 Å². The molecule has 0 bridgehead atoms. The summed E-state index contributed by atoms with van der Waals surface area (Å²) in [5.41, 5.74) is 1.02. The molecule has 1 amide bonds. The number of carbonyl (C=O) groups is 3. The fourth-order valence-electron chi connectivity index (χ4n) is 0.573. The molecule has 0 aliphatic rings. The number of rotatable bonds is 3. The van der Waals surface area contributed by atoms with E-state index < -0.39 is 6.09 Å². The highest BCUT2D eigenvalue weighted by Gasteiger charge is 2.24. The molecule has 0 fully saturated rings. The largest absolute Gasteiger partial charge is 0.465 e. The molecule has 0 spiro atoms. The summed E-state index contributed by atoms with van der Waals surface area (Å²) >= 11 is 0. The van der Waals surface area contributed by atoms with Gasteiger partial charge in [0.25, 0.3) is 0 Å². The lowest BCUT2D eigenvalue weighted by atomic mass is 9.96. The molecule has 0 aromatic heterocycles. The number of nitrogens with one attached hydrogen (secondary N) is 1. The van der Waals surface area contributed by atoms with Crippen LogP contribution in [0.15, 0.2) is 0 Å². The summed E-state index contributed by atoms with van der Waals surface area (Å²) in [5, 5.41) is 7.65. The highest BCUT2D eigenvalue weighted by Crippen LogP contribution is 2.19. The first-order chi connectivity index (χ1) is 8.40. The first kappa shape index (κ1) is 19.5. The molecule has 0 heterocycles. The van der Waals surface area contributed by atoms with Crippen LogP contribution in [0, 0.1) is 10.8 Å². The molecule has 19 heavy (non-hydrogen) atoms. The van der Waals surface area contributed by atoms with E-state index in [1.165, 1.54) is 5.48 Å². The standard InChI is InChI=1S/C10H20O2.C2H3NO4/c1-9(2,3)7-12-8(11)10(4,5)6;4-1-7-3-2(5)6/h7H2,1-6H3;1,3H,(H,5,6). The lowest BCUT2D eigenvalue weighted by molar-refractivity contribution is -0.155. The molecule has 7 heteroatoms. The maximum absolute atomic E-state index is 11.3. The van der Waals surface area contributed by atoms with Crippen LogP contribution in [0.5, 0.6) is 0 Å². The van der Waals surface area contributed by atoms with E-state index in [1.807, 2.05) is 41.5 Å². The first-order valence-electron chi connectivity index (χ1n) is 5.65. The zero-order chi connectivity index (χ0) is 15.7. The van der Waals surface area contributed by atoms with Crippen molar-refractivity contribution in [3.63, 3.8) is 0 Å². The van der Waals surface area contributed by atoms with Crippen molar-refractivity contribution in [3.05, 3.63) is 0 Å². The second kappa shape index (κ2) is 8.34. The molecule has 112 valence electrons. The average Bonchev–Trinajstić information content (AvgIpc) is 2.21. The van der Waals surface area contributed by atoms with E-state index in [0.29, 0.717) is 6.61 Å². The maximum atomic E-state index is 11.3. The minimum absolute atomic E-state index is 0.0197. The molecule has 0 unspecified atom stereocenters. The Labute approximate surface area is 113 Å². The second-order valence-corrected chi connectivity index (χ2v) is 6.01. The third-order valence-electron chi connectivity index (χ3n) is 1.44. The van der Waals surface area contributed by atoms with Crippen molar-refractivity contribution >= 4 is 18.5 Å². The van der Waals surface area contributed by atoms with Crippen LogP contribution < -0.4 is 5.48 Å². The molecular weight excluding hydrogens is 254 g/mol. The summed E-state index contributed by atoms with van der Waals surface area (Å²) in [4.78, 5) is 33.4. The van der Waals surface area contributed by atoms with Gasteiger partial charge < -0.3 is 14.7 Å². The van der Waals surface area contributed by atoms with E-state index in [4.69, 9.17) is 14.6 Å². The molecule has 0 aromatic rings. The predicted octanol–water partition coefficient (Wildman–Crippen LogP) is 1.96. The van der Waals surface area contributed by atoms with Crippen molar-refractivity contribution in [2.24, 2.45) is 10.8 Å². The predicted molar refractivity (Wildman–Crippen MR) is 68.2 cm³/mol. The topological polar surface area (TPSA) is 102 Å². The van der Waals surface area contributed by atoms with Crippen molar-refractivity contribution in [2.45, 2.75) is 41.5 Å². The Hall–Kier alpha value is -1.79. The van der Waals surface area contributed by atoms with Crippen LogP contribution in [0.1, 0.15) is 41.5 Å². The zero-order valence-corrected chi connectivity index (χ0v) is 12.3. The Kier molecular flexibility index (Phi) is 8.58. The summed E-state index contributed by atoms with van der Waals surface area (Å²) in [6.45, 7) is 12.2. The van der Waals surface area contributed by atoms with Gasteiger partial charge in [-0.15, -0.1) is 0 Å². The molecule has 7 nitrogen and oxygen atoms in total. The highest BCUT2D eigenvalue weighted by atomic mass is 16.7. The normalized spacial score (nSPS) is 10.6. The quantitative estimate of drug-likeness (QED) is 0.464. The van der Waals surface area contributed by atoms with Gasteiger partial charge in [-0.25, -0.2) is 4.79 Å². The van der Waals surface area contributed by atoms with Gasteiger partial charge in [0.15, 0.2) is 0 Å². The van der Waals surface area contributed by atoms with Crippen LogP contribution in [0.2, 0.25) is 0 Å². The maximum Gasteiger partial charge on any atom is 0.438 e. The minimum atomic E-state index is -1.40. The number of amides is 1. The lowest BCUT2D eigenvalue weighted by Gasteiger charge is -2.22. The molecule has 0 aliphatic heterocycles. The van der Waals surface area contributed by atoms with Crippen LogP contribution in [0.4, 0.5) is 4.79 Å². The third kappa shape index (κ3) is 16.2. The van der Waals surface area contributed by atoms with E-state index in [9.17, 15) is 9.59 Å². The van der Waals surface area contributed by atoms with Gasteiger partial charge in [0.2, 0.25) is 0 Å². The number of ether oxygens (including phenoxy) is 1. The summed E-state index contributed by atoms with van der Waals surface area (Å²) < 4.78 is 5.13. The number of esters is 1. The smallest absolute Gasteiger partial charge is 0.438 e. The molecule has 0 aliphatic carbocycles. The SMILES string of the molecule is CC(C)(C)COC(=O)C(C)(C)C.O=CONC(=O)O. The fourth-order valence-corrected chi connectivity index (χ4v) is 0.573. The van der Waals surface area contributed by atoms with Crippen LogP contribution in [0.3, 0.4) is 0 Å². The molecule has 0 aromatic carbocycles. The van der Waals surface area contributed by atoms with Crippen molar-refractivity contribution in [1.29, 1.82) is 0 Å². The highest BCUT2D eigenvalue weighted by molar-refractivity contribution is 5.75. The molecule has 0 rings (SSSR count). The fraction of sp³-hybridized carbons (Fsp3) is 0.750. The van der Waals surface area contributed by atoms with Crippen molar-refractivity contribution < 1.29 is 29.1 Å². The molecule has 2 N–H and O–H groups in total. The Morgan fingerprint density at radius 3 is 1.84 bits per heavy atom. The van der Waals surface area contributed by atoms with Crippen LogP contribution in [-0.4, -0.2) is 30.2 Å². The van der Waals surface area contributed by atoms with Gasteiger partial charge in [0.1, 0.15) is 0 Å². The number of carboxylic acid groups (broad SMARTS) is 1. The molecule has 0 saturated heterocycles. The molecule has 0 radical (unpaired) electrons. The lowest BCUT2D eigenvalue weighted by Crippen LogP contribution is -2.27. The second-order valence-electron chi connectivity index (χ2n) is 6.01. The van der Waals surface area contributed by atoms with Gasteiger partial charge in [-0.3, -0.25) is 9.59 Å². The van der Waals surface area contributed by atoms with Gasteiger partial charge in [-0.05, 0) is 26.2 Å². The first-order valence-corrected chi connectivity index (χ1v) is 5.65. The van der Waals surface area contributed by atoms with Crippen molar-refractivity contribution in [3.8, 4) is 0 Å². The average molecular weight is 277 g/mol. The monoisotopic (exact) mass is 277 g/mol. The number of hydrogen-bond acceptors (Lipinski definition) is 5. The van der Waals surface area contributed by atoms with Gasteiger partial charge in [-0.1, -0.05) is 20.8 Å². The van der Waals surface area contributed by atoms with E-state index in [1.54, 1.807) is 0 Å². The number of carbonyl (C=O) groups excluding carboxylic acids is 2. The summed E-state index contributed by atoms with van der Waals surface area (Å²) in [6, 6.07) is 0. The Balaban J connectivity index is 0. The van der Waals surface area contributed by atoms with Crippen LogP contribution >= 0.6 is 0 Å². The van der Waals surface area contributed by atoms with E-state index in [0.717, 1.165) is 0 Å². The molecular formula is C12H23NO6. The zero-order valence-electron chi connectivity index (χ0n) is 12.3. The van der Waals surface area contributed by atoms with E-state index in [-0.39, 0.29) is 23.3 Å². The van der Waals surface area contributed by atoms with Crippen molar-refractivity contribution in [2.75, 3.05) is 6.61 Å². The Morgan fingerprint density at radius 2 is 1.63 bits per heavy atom. The molecule has 0 saturated carbocycles. The van der Waals surface area contributed by atoms with Crippen molar-refractivity contribution in [1.82, 2.24) is 5.48 Å². The van der Waals surface area contributed by atoms with Gasteiger partial charge in [-0.2, -0.15) is 5.48 Å². The summed E-state index contributed by atoms with van der Waals surface area (Å²) in [7, 11) is 0. The summed E-state index contributed by atoms with van der Waals surface area (Å²) in [5.74, 6) is -0.127. The Bertz CT molecular complexity index is 300. The minimum Gasteiger partial charge on any atom is -0.465 e. The van der Waals surface area contributed by atoms with Crippen LogP contribution in [0.25, 0.3) is 0 Å². The van der Waals surface area contributed by atoms with Gasteiger partial charge in [0.05, 0.1) is 12.0 Å². The number of hydrogen-bond donors (Lipinski definition) is 2.